The Balaban J connectivity index is 1.61. The summed E-state index contributed by atoms with van der Waals surface area (Å²) >= 11 is 0. The van der Waals surface area contributed by atoms with Gasteiger partial charge in [-0.05, 0) is 18.9 Å². The van der Waals surface area contributed by atoms with Gasteiger partial charge in [0.2, 0.25) is 5.78 Å². The molecule has 2 N–H and O–H groups in total. The molecule has 3 aromatic heterocycles. The molecule has 0 aromatic carbocycles. The third-order valence-corrected chi connectivity index (χ3v) is 3.95. The number of imidazole rings is 1. The zero-order chi connectivity index (χ0) is 13.4. The lowest BCUT2D eigenvalue weighted by Crippen LogP contribution is -1.98. The van der Waals surface area contributed by atoms with Crippen molar-refractivity contribution < 1.29 is 0 Å². The molecule has 102 valence electrons. The zero-order valence-electron chi connectivity index (χ0n) is 11.1. The van der Waals surface area contributed by atoms with Crippen LogP contribution in [-0.4, -0.2) is 24.6 Å². The average Bonchev–Trinajstić information content (AvgIpc) is 3.20. The number of nitrogens with one attached hydrogen (secondary N) is 2. The molecule has 3 aromatic rings. The topological polar surface area (TPSA) is 70.9 Å². The maximum atomic E-state index is 4.36. The highest BCUT2D eigenvalue weighted by Gasteiger charge is 2.19. The molecule has 0 radical (unpaired) electrons. The first-order valence-corrected chi connectivity index (χ1v) is 7.00. The number of anilines is 2. The number of nitrogens with zero attached hydrogens (tertiary/aromatic N) is 4. The molecule has 1 aliphatic rings. The molecule has 0 unspecified atom stereocenters. The zero-order valence-corrected chi connectivity index (χ0v) is 11.1. The van der Waals surface area contributed by atoms with Gasteiger partial charge in [-0.1, -0.05) is 12.8 Å². The molecule has 4 rings (SSSR count). The van der Waals surface area contributed by atoms with E-state index in [2.05, 4.69) is 31.5 Å². The van der Waals surface area contributed by atoms with Crippen LogP contribution in [0.1, 0.15) is 37.3 Å². The molecule has 0 spiro atoms. The van der Waals surface area contributed by atoms with Crippen LogP contribution in [-0.2, 0) is 0 Å². The van der Waals surface area contributed by atoms with Gasteiger partial charge in [0.1, 0.15) is 5.82 Å². The summed E-state index contributed by atoms with van der Waals surface area (Å²) in [6, 6.07) is 4.03. The van der Waals surface area contributed by atoms with E-state index in [0.29, 0.717) is 11.7 Å². The summed E-state index contributed by atoms with van der Waals surface area (Å²) in [5.41, 5.74) is 1.24. The number of fused-ring (bicyclic) bond motifs is 1. The van der Waals surface area contributed by atoms with Gasteiger partial charge in [-0.3, -0.25) is 9.50 Å². The van der Waals surface area contributed by atoms with Crippen molar-refractivity contribution in [3.05, 3.63) is 36.4 Å². The van der Waals surface area contributed by atoms with Crippen LogP contribution in [0.15, 0.2) is 30.7 Å². The first-order chi connectivity index (χ1) is 9.90. The second-order valence-electron chi connectivity index (χ2n) is 5.24. The molecule has 0 saturated heterocycles. The second kappa shape index (κ2) is 4.63. The predicted molar refractivity (Wildman–Crippen MR) is 76.1 cm³/mol. The van der Waals surface area contributed by atoms with E-state index < -0.39 is 0 Å². The fourth-order valence-corrected chi connectivity index (χ4v) is 2.91. The predicted octanol–water partition coefficient (Wildman–Crippen LogP) is 2.85. The Labute approximate surface area is 116 Å². The van der Waals surface area contributed by atoms with Crippen LogP contribution in [0, 0.1) is 0 Å². The van der Waals surface area contributed by atoms with E-state index >= 15 is 0 Å². The molecule has 6 heteroatoms. The Kier molecular flexibility index (Phi) is 2.65. The molecule has 3 heterocycles. The van der Waals surface area contributed by atoms with E-state index in [4.69, 9.17) is 0 Å². The van der Waals surface area contributed by atoms with Crippen molar-refractivity contribution in [3.63, 3.8) is 0 Å². The molecule has 20 heavy (non-hydrogen) atoms. The van der Waals surface area contributed by atoms with Crippen molar-refractivity contribution in [3.8, 4) is 0 Å². The SMILES string of the molecule is c1cc(Nc2cc(C3CCCC3)[nH]n2)n2ccnc2n1. The highest BCUT2D eigenvalue weighted by atomic mass is 15.2. The Morgan fingerprint density at radius 1 is 1.20 bits per heavy atom. The molecular weight excluding hydrogens is 252 g/mol. The van der Waals surface area contributed by atoms with Crippen molar-refractivity contribution in [2.75, 3.05) is 5.32 Å². The van der Waals surface area contributed by atoms with Gasteiger partial charge in [-0.15, -0.1) is 0 Å². The number of hydrogen-bond acceptors (Lipinski definition) is 4. The molecule has 1 saturated carbocycles. The van der Waals surface area contributed by atoms with Gasteiger partial charge < -0.3 is 5.32 Å². The minimum atomic E-state index is 0.642. The molecule has 0 atom stereocenters. The first-order valence-electron chi connectivity index (χ1n) is 7.00. The van der Waals surface area contributed by atoms with Gasteiger partial charge in [0, 0.05) is 36.3 Å². The molecule has 1 aliphatic carbocycles. The summed E-state index contributed by atoms with van der Waals surface area (Å²) in [5.74, 6) is 3.08. The lowest BCUT2D eigenvalue weighted by atomic mass is 10.0. The fraction of sp³-hybridized carbons (Fsp3) is 0.357. The van der Waals surface area contributed by atoms with Crippen molar-refractivity contribution in [2.45, 2.75) is 31.6 Å². The molecular formula is C14H16N6. The largest absolute Gasteiger partial charge is 0.324 e. The standard InChI is InChI=1S/C14H16N6/c1-2-4-10(3-1)11-9-12(19-18-11)17-13-5-6-15-14-16-7-8-20(13)14/h5-10H,1-4H2,(H2,17,18,19). The van der Waals surface area contributed by atoms with E-state index in [1.807, 2.05) is 16.7 Å². The van der Waals surface area contributed by atoms with Gasteiger partial charge in [-0.2, -0.15) is 5.10 Å². The first kappa shape index (κ1) is 11.5. The maximum absolute atomic E-state index is 4.36. The van der Waals surface area contributed by atoms with E-state index in [0.717, 1.165) is 11.6 Å². The van der Waals surface area contributed by atoms with Crippen LogP contribution in [0.3, 0.4) is 0 Å². The minimum Gasteiger partial charge on any atom is -0.324 e. The summed E-state index contributed by atoms with van der Waals surface area (Å²) < 4.78 is 1.91. The average molecular weight is 268 g/mol. The van der Waals surface area contributed by atoms with Crippen LogP contribution < -0.4 is 5.32 Å². The van der Waals surface area contributed by atoms with Crippen molar-refractivity contribution in [1.29, 1.82) is 0 Å². The number of H-pyrrole nitrogens is 1. The van der Waals surface area contributed by atoms with E-state index in [1.54, 1.807) is 12.4 Å². The van der Waals surface area contributed by atoms with Gasteiger partial charge in [0.15, 0.2) is 5.82 Å². The number of hydrogen-bond donors (Lipinski definition) is 2. The summed E-state index contributed by atoms with van der Waals surface area (Å²) in [7, 11) is 0. The smallest absolute Gasteiger partial charge is 0.235 e. The minimum absolute atomic E-state index is 0.642. The van der Waals surface area contributed by atoms with Gasteiger partial charge in [-0.25, -0.2) is 9.97 Å². The van der Waals surface area contributed by atoms with Gasteiger partial charge in [0.25, 0.3) is 0 Å². The number of aromatic nitrogens is 5. The summed E-state index contributed by atoms with van der Waals surface area (Å²) in [6.45, 7) is 0. The number of aromatic amines is 1. The normalized spacial score (nSPS) is 16.0. The summed E-state index contributed by atoms with van der Waals surface area (Å²) in [6.07, 6.45) is 10.6. The second-order valence-corrected chi connectivity index (χ2v) is 5.24. The number of rotatable bonds is 3. The Hall–Kier alpha value is -2.37. The highest BCUT2D eigenvalue weighted by molar-refractivity contribution is 5.55. The lowest BCUT2D eigenvalue weighted by Gasteiger charge is -2.05. The van der Waals surface area contributed by atoms with Crippen molar-refractivity contribution >= 4 is 17.4 Å². The molecule has 1 fully saturated rings. The van der Waals surface area contributed by atoms with Crippen LogP contribution in [0.5, 0.6) is 0 Å². The molecule has 0 aliphatic heterocycles. The summed E-state index contributed by atoms with van der Waals surface area (Å²) in [4.78, 5) is 8.37. The Bertz CT molecular complexity index is 722. The van der Waals surface area contributed by atoms with Crippen LogP contribution in [0.4, 0.5) is 11.6 Å². The maximum Gasteiger partial charge on any atom is 0.235 e. The highest BCUT2D eigenvalue weighted by Crippen LogP contribution is 2.33. The van der Waals surface area contributed by atoms with Gasteiger partial charge >= 0.3 is 0 Å². The quantitative estimate of drug-likeness (QED) is 0.766. The van der Waals surface area contributed by atoms with Crippen molar-refractivity contribution in [1.82, 2.24) is 24.6 Å². The van der Waals surface area contributed by atoms with E-state index in [-0.39, 0.29) is 0 Å². The Morgan fingerprint density at radius 2 is 2.05 bits per heavy atom. The fourth-order valence-electron chi connectivity index (χ4n) is 2.91. The molecule has 0 amide bonds. The van der Waals surface area contributed by atoms with E-state index in [9.17, 15) is 0 Å². The lowest BCUT2D eigenvalue weighted by molar-refractivity contribution is 0.693. The Morgan fingerprint density at radius 3 is 2.95 bits per heavy atom. The monoisotopic (exact) mass is 268 g/mol. The third-order valence-electron chi connectivity index (χ3n) is 3.95. The third kappa shape index (κ3) is 1.93. The van der Waals surface area contributed by atoms with Crippen LogP contribution in [0.25, 0.3) is 5.78 Å². The summed E-state index contributed by atoms with van der Waals surface area (Å²) in [5, 5.41) is 10.8. The van der Waals surface area contributed by atoms with Crippen molar-refractivity contribution in [2.24, 2.45) is 0 Å². The van der Waals surface area contributed by atoms with Gasteiger partial charge in [0.05, 0.1) is 0 Å². The molecule has 0 bridgehead atoms. The van der Waals surface area contributed by atoms with Crippen LogP contribution in [0.2, 0.25) is 0 Å². The van der Waals surface area contributed by atoms with E-state index in [1.165, 1.54) is 31.4 Å². The molecule has 6 nitrogen and oxygen atoms in total. The van der Waals surface area contributed by atoms with Crippen LogP contribution >= 0.6 is 0 Å².